The molecule has 6 heteroatoms. The fraction of sp³-hybridized carbons (Fsp3) is 0.333. The molecule has 5 nitrogen and oxygen atoms in total. The Bertz CT molecular complexity index is 461. The lowest BCUT2D eigenvalue weighted by molar-refractivity contribution is -0.385. The number of ether oxygens (including phenoxy) is 1. The van der Waals surface area contributed by atoms with Gasteiger partial charge in [-0.25, -0.2) is 0 Å². The van der Waals surface area contributed by atoms with Crippen LogP contribution in [0.25, 0.3) is 6.08 Å². The molecular weight excluding hydrogens is 256 g/mol. The Balaban J connectivity index is 3.02. The van der Waals surface area contributed by atoms with Crippen LogP contribution in [0.4, 0.5) is 5.69 Å². The van der Waals surface area contributed by atoms with Crippen LogP contribution in [0.5, 0.6) is 5.75 Å². The van der Waals surface area contributed by atoms with E-state index in [1.54, 1.807) is 6.08 Å². The fourth-order valence-electron chi connectivity index (χ4n) is 1.43. The Morgan fingerprint density at radius 2 is 2.28 bits per heavy atom. The quantitative estimate of drug-likeness (QED) is 0.490. The number of nitrogens with zero attached hydrogens (tertiary/aromatic N) is 1. The van der Waals surface area contributed by atoms with Crippen molar-refractivity contribution >= 4 is 23.4 Å². The van der Waals surface area contributed by atoms with Crippen LogP contribution in [0.15, 0.2) is 18.2 Å². The van der Waals surface area contributed by atoms with Crippen molar-refractivity contribution < 1.29 is 9.66 Å². The average Bonchev–Trinajstić information content (AvgIpc) is 2.35. The van der Waals surface area contributed by atoms with Crippen molar-refractivity contribution in [3.8, 4) is 5.75 Å². The molecule has 0 aromatic heterocycles. The summed E-state index contributed by atoms with van der Waals surface area (Å²) in [5.74, 6) is 0.164. The molecular formula is C12H15ClN2O3. The van der Waals surface area contributed by atoms with E-state index in [1.807, 2.05) is 13.1 Å². The van der Waals surface area contributed by atoms with Gasteiger partial charge in [0.05, 0.1) is 17.1 Å². The maximum atomic E-state index is 10.9. The van der Waals surface area contributed by atoms with E-state index < -0.39 is 4.92 Å². The molecule has 0 unspecified atom stereocenters. The van der Waals surface area contributed by atoms with Crippen molar-refractivity contribution in [2.45, 2.75) is 6.42 Å². The van der Waals surface area contributed by atoms with Gasteiger partial charge in [-0.2, -0.15) is 0 Å². The van der Waals surface area contributed by atoms with Gasteiger partial charge in [0, 0.05) is 12.1 Å². The van der Waals surface area contributed by atoms with Gasteiger partial charge in [-0.15, -0.1) is 0 Å². The van der Waals surface area contributed by atoms with Crippen LogP contribution < -0.4 is 10.1 Å². The predicted molar refractivity (Wildman–Crippen MR) is 72.2 cm³/mol. The molecule has 18 heavy (non-hydrogen) atoms. The highest BCUT2D eigenvalue weighted by molar-refractivity contribution is 6.32. The first-order chi connectivity index (χ1) is 8.60. The molecule has 0 atom stereocenters. The van der Waals surface area contributed by atoms with E-state index in [4.69, 9.17) is 16.3 Å². The third-order valence-electron chi connectivity index (χ3n) is 2.35. The maximum absolute atomic E-state index is 10.9. The van der Waals surface area contributed by atoms with Gasteiger partial charge < -0.3 is 10.1 Å². The smallest absolute Gasteiger partial charge is 0.311 e. The Morgan fingerprint density at radius 1 is 1.56 bits per heavy atom. The summed E-state index contributed by atoms with van der Waals surface area (Å²) in [4.78, 5) is 10.4. The van der Waals surface area contributed by atoms with Crippen LogP contribution in [-0.2, 0) is 0 Å². The molecule has 0 fully saturated rings. The molecule has 0 bridgehead atoms. The molecule has 0 saturated heterocycles. The Labute approximate surface area is 111 Å². The minimum atomic E-state index is -0.486. The number of hydrogen-bond acceptors (Lipinski definition) is 4. The van der Waals surface area contributed by atoms with Crippen LogP contribution in [0, 0.1) is 10.1 Å². The molecule has 0 heterocycles. The summed E-state index contributed by atoms with van der Waals surface area (Å²) in [5.41, 5.74) is 0.524. The molecule has 1 N–H and O–H groups in total. The first-order valence-electron chi connectivity index (χ1n) is 5.43. The first-order valence-corrected chi connectivity index (χ1v) is 5.81. The highest BCUT2D eigenvalue weighted by Crippen LogP contribution is 2.33. The van der Waals surface area contributed by atoms with Gasteiger partial charge in [0.15, 0.2) is 5.75 Å². The van der Waals surface area contributed by atoms with Gasteiger partial charge in [0.2, 0.25) is 0 Å². The van der Waals surface area contributed by atoms with E-state index in [-0.39, 0.29) is 11.4 Å². The molecule has 0 aliphatic rings. The number of nitro groups is 1. The van der Waals surface area contributed by atoms with Gasteiger partial charge in [0.25, 0.3) is 0 Å². The molecule has 1 rings (SSSR count). The lowest BCUT2D eigenvalue weighted by atomic mass is 10.1. The van der Waals surface area contributed by atoms with Crippen molar-refractivity contribution in [2.24, 2.45) is 0 Å². The highest BCUT2D eigenvalue weighted by Gasteiger charge is 2.17. The van der Waals surface area contributed by atoms with Crippen molar-refractivity contribution in [3.05, 3.63) is 38.9 Å². The third-order valence-corrected chi connectivity index (χ3v) is 2.68. The van der Waals surface area contributed by atoms with E-state index in [2.05, 4.69) is 5.32 Å². The summed E-state index contributed by atoms with van der Waals surface area (Å²) < 4.78 is 4.93. The lowest BCUT2D eigenvalue weighted by Gasteiger charge is -2.04. The lowest BCUT2D eigenvalue weighted by Crippen LogP contribution is -2.05. The summed E-state index contributed by atoms with van der Waals surface area (Å²) >= 11 is 6.03. The highest BCUT2D eigenvalue weighted by atomic mass is 35.5. The first kappa shape index (κ1) is 14.5. The second kappa shape index (κ2) is 6.98. The van der Waals surface area contributed by atoms with Crippen LogP contribution in [0.1, 0.15) is 12.0 Å². The summed E-state index contributed by atoms with van der Waals surface area (Å²) in [5, 5.41) is 14.3. The Morgan fingerprint density at radius 3 is 2.83 bits per heavy atom. The van der Waals surface area contributed by atoms with Crippen LogP contribution in [-0.4, -0.2) is 25.6 Å². The number of benzene rings is 1. The Kier molecular flexibility index (Phi) is 5.61. The SMILES string of the molecule is CNCCC=Cc1cc([N+](=O)[O-])c(OC)cc1Cl. The van der Waals surface area contributed by atoms with Gasteiger partial charge in [-0.3, -0.25) is 10.1 Å². The van der Waals surface area contributed by atoms with Gasteiger partial charge in [-0.1, -0.05) is 23.8 Å². The minimum absolute atomic E-state index is 0.0878. The van der Waals surface area contributed by atoms with Gasteiger partial charge in [-0.05, 0) is 25.6 Å². The molecule has 0 saturated carbocycles. The Hall–Kier alpha value is -1.59. The van der Waals surface area contributed by atoms with E-state index in [9.17, 15) is 10.1 Å². The second-order valence-corrected chi connectivity index (χ2v) is 4.00. The summed E-state index contributed by atoms with van der Waals surface area (Å²) in [7, 11) is 3.24. The number of nitro benzene ring substituents is 1. The number of nitrogens with one attached hydrogen (secondary N) is 1. The predicted octanol–water partition coefficient (Wildman–Crippen LogP) is 2.88. The molecule has 0 radical (unpaired) electrons. The van der Waals surface area contributed by atoms with E-state index in [0.29, 0.717) is 10.6 Å². The molecule has 0 aliphatic carbocycles. The zero-order valence-electron chi connectivity index (χ0n) is 10.3. The van der Waals surface area contributed by atoms with Gasteiger partial charge in [0.1, 0.15) is 0 Å². The number of rotatable bonds is 6. The number of halogens is 1. The minimum Gasteiger partial charge on any atom is -0.490 e. The normalized spacial score (nSPS) is 10.8. The molecule has 1 aromatic rings. The standard InChI is InChI=1S/C12H15ClN2O3/c1-14-6-4-3-5-9-7-11(15(16)17)12(18-2)8-10(9)13/h3,5,7-8,14H,4,6H2,1-2H3. The molecule has 0 spiro atoms. The van der Waals surface area contributed by atoms with E-state index in [0.717, 1.165) is 13.0 Å². The zero-order chi connectivity index (χ0) is 13.5. The molecule has 0 amide bonds. The molecule has 98 valence electrons. The van der Waals surface area contributed by atoms with Crippen molar-refractivity contribution in [3.63, 3.8) is 0 Å². The fourth-order valence-corrected chi connectivity index (χ4v) is 1.65. The molecule has 0 aliphatic heterocycles. The monoisotopic (exact) mass is 270 g/mol. The van der Waals surface area contributed by atoms with Crippen molar-refractivity contribution in [1.82, 2.24) is 5.32 Å². The van der Waals surface area contributed by atoms with Crippen LogP contribution in [0.2, 0.25) is 5.02 Å². The van der Waals surface area contributed by atoms with Crippen molar-refractivity contribution in [1.29, 1.82) is 0 Å². The second-order valence-electron chi connectivity index (χ2n) is 3.60. The van der Waals surface area contributed by atoms with Crippen molar-refractivity contribution in [2.75, 3.05) is 20.7 Å². The van der Waals surface area contributed by atoms with E-state index >= 15 is 0 Å². The summed E-state index contributed by atoms with van der Waals surface area (Å²) in [6.45, 7) is 0.840. The van der Waals surface area contributed by atoms with Crippen LogP contribution in [0.3, 0.4) is 0 Å². The average molecular weight is 271 g/mol. The van der Waals surface area contributed by atoms with E-state index in [1.165, 1.54) is 19.2 Å². The summed E-state index contributed by atoms with van der Waals surface area (Å²) in [6, 6.07) is 2.87. The number of hydrogen-bond donors (Lipinski definition) is 1. The number of methoxy groups -OCH3 is 1. The zero-order valence-corrected chi connectivity index (χ0v) is 11.0. The largest absolute Gasteiger partial charge is 0.490 e. The molecule has 1 aromatic carbocycles. The van der Waals surface area contributed by atoms with Crippen LogP contribution >= 0.6 is 11.6 Å². The maximum Gasteiger partial charge on any atom is 0.311 e. The topological polar surface area (TPSA) is 64.4 Å². The third kappa shape index (κ3) is 3.72. The summed E-state index contributed by atoms with van der Waals surface area (Å²) in [6.07, 6.45) is 4.51. The van der Waals surface area contributed by atoms with Gasteiger partial charge >= 0.3 is 5.69 Å².